The normalized spacial score (nSPS) is 11.7. The van der Waals surface area contributed by atoms with E-state index < -0.39 is 29.4 Å². The van der Waals surface area contributed by atoms with Gasteiger partial charge in [0, 0.05) is 24.7 Å². The van der Waals surface area contributed by atoms with Crippen LogP contribution in [0.5, 0.6) is 0 Å². The highest BCUT2D eigenvalue weighted by molar-refractivity contribution is 5.97. The number of nitrogens with one attached hydrogen (secondary N) is 2. The minimum atomic E-state index is -1.31. The number of H-pyrrole nitrogens is 1. The number of carbonyl (C=O) groups excluding carboxylic acids is 1. The molecule has 2 aromatic heterocycles. The molecule has 13 nitrogen and oxygen atoms in total. The van der Waals surface area contributed by atoms with Gasteiger partial charge in [0.05, 0.1) is 18.4 Å². The molecule has 0 radical (unpaired) electrons. The number of anilines is 2. The van der Waals surface area contributed by atoms with Crippen LogP contribution in [0.1, 0.15) is 28.9 Å². The lowest BCUT2D eigenvalue weighted by molar-refractivity contribution is -0.140. The van der Waals surface area contributed by atoms with Crippen molar-refractivity contribution in [2.45, 2.75) is 25.4 Å². The van der Waals surface area contributed by atoms with Crippen molar-refractivity contribution in [1.29, 1.82) is 0 Å². The fraction of sp³-hybridized carbons (Fsp3) is 0.250. The van der Waals surface area contributed by atoms with Crippen LogP contribution in [-0.2, 0) is 16.1 Å². The van der Waals surface area contributed by atoms with Gasteiger partial charge in [0.2, 0.25) is 5.95 Å². The Balaban J connectivity index is 1.68. The van der Waals surface area contributed by atoms with Crippen molar-refractivity contribution in [3.8, 4) is 0 Å². The standard InChI is InChI=1S/C20H21N7O6/c1-27(9-11-8-22-16-15(23-11)18(31)26-20(21)25-16)12-4-2-10(3-5-12)17(30)24-13(19(32)33)6-7-14(28)29/h2-5,8,13H,6-7,9H2,1H3,(H,24,30)(H,28,29)(H,32,33)(H3,21,22,25,26,31)/t13-/m1/s1. The predicted octanol–water partition coefficient (Wildman–Crippen LogP) is -0.0205. The number of aliphatic carboxylic acids is 2. The monoisotopic (exact) mass is 455 g/mol. The summed E-state index contributed by atoms with van der Waals surface area (Å²) in [5.74, 6) is -3.14. The van der Waals surface area contributed by atoms with Crippen molar-refractivity contribution in [3.05, 3.63) is 52.1 Å². The summed E-state index contributed by atoms with van der Waals surface area (Å²) in [5.41, 5.74) is 6.66. The van der Waals surface area contributed by atoms with Crippen molar-refractivity contribution in [1.82, 2.24) is 25.3 Å². The van der Waals surface area contributed by atoms with Crippen LogP contribution in [-0.4, -0.2) is 61.1 Å². The van der Waals surface area contributed by atoms with E-state index in [0.29, 0.717) is 12.2 Å². The van der Waals surface area contributed by atoms with Gasteiger partial charge >= 0.3 is 11.9 Å². The first kappa shape index (κ1) is 23.1. The van der Waals surface area contributed by atoms with Gasteiger partial charge in [0.1, 0.15) is 6.04 Å². The summed E-state index contributed by atoms with van der Waals surface area (Å²) in [7, 11) is 1.78. The molecule has 0 aliphatic rings. The first-order chi connectivity index (χ1) is 15.6. The lowest BCUT2D eigenvalue weighted by Gasteiger charge is -2.19. The van der Waals surface area contributed by atoms with Gasteiger partial charge < -0.3 is 26.2 Å². The zero-order valence-electron chi connectivity index (χ0n) is 17.5. The largest absolute Gasteiger partial charge is 0.481 e. The number of aromatic nitrogens is 4. The second kappa shape index (κ2) is 9.72. The average Bonchev–Trinajstić information content (AvgIpc) is 2.76. The van der Waals surface area contributed by atoms with Crippen LogP contribution in [0, 0.1) is 0 Å². The van der Waals surface area contributed by atoms with E-state index in [9.17, 15) is 24.3 Å². The molecule has 3 rings (SSSR count). The number of aromatic amines is 1. The molecule has 0 saturated carbocycles. The maximum atomic E-state index is 12.4. The Morgan fingerprint density at radius 3 is 2.52 bits per heavy atom. The summed E-state index contributed by atoms with van der Waals surface area (Å²) in [6.07, 6.45) is 0.874. The summed E-state index contributed by atoms with van der Waals surface area (Å²) >= 11 is 0. The third-order valence-electron chi connectivity index (χ3n) is 4.71. The number of fused-ring (bicyclic) bond motifs is 1. The number of hydrogen-bond acceptors (Lipinski definition) is 9. The SMILES string of the molecule is CN(Cc1cnc2nc(N)[nH]c(=O)c2n1)c1ccc(C(=O)N[C@H](CCC(=O)O)C(=O)O)cc1. The molecule has 13 heteroatoms. The van der Waals surface area contributed by atoms with Crippen LogP contribution in [0.15, 0.2) is 35.3 Å². The number of hydrogen-bond donors (Lipinski definition) is 5. The molecule has 0 fully saturated rings. The van der Waals surface area contributed by atoms with Gasteiger partial charge in [-0.05, 0) is 30.7 Å². The van der Waals surface area contributed by atoms with Crippen LogP contribution >= 0.6 is 0 Å². The Morgan fingerprint density at radius 2 is 1.88 bits per heavy atom. The quantitative estimate of drug-likeness (QED) is 0.290. The number of carboxylic acid groups (broad SMARTS) is 2. The topological polar surface area (TPSA) is 204 Å². The second-order valence-electron chi connectivity index (χ2n) is 7.18. The van der Waals surface area contributed by atoms with Crippen LogP contribution in [0.2, 0.25) is 0 Å². The third kappa shape index (κ3) is 5.78. The van der Waals surface area contributed by atoms with Gasteiger partial charge in [-0.15, -0.1) is 0 Å². The molecule has 0 aliphatic carbocycles. The minimum absolute atomic E-state index is 0.0487. The molecule has 1 amide bonds. The van der Waals surface area contributed by atoms with E-state index in [0.717, 1.165) is 5.69 Å². The lowest BCUT2D eigenvalue weighted by atomic mass is 10.1. The van der Waals surface area contributed by atoms with Crippen LogP contribution in [0.4, 0.5) is 11.6 Å². The first-order valence-corrected chi connectivity index (χ1v) is 9.72. The van der Waals surface area contributed by atoms with E-state index in [-0.39, 0.29) is 35.5 Å². The Labute approximate surface area is 186 Å². The number of nitrogens with zero attached hydrogens (tertiary/aromatic N) is 4. The molecule has 3 aromatic rings. The maximum Gasteiger partial charge on any atom is 0.326 e. The Bertz CT molecular complexity index is 1260. The molecule has 1 atom stereocenters. The number of rotatable bonds is 9. The molecule has 6 N–H and O–H groups in total. The third-order valence-corrected chi connectivity index (χ3v) is 4.71. The summed E-state index contributed by atoms with van der Waals surface area (Å²) in [6, 6.07) is 5.04. The van der Waals surface area contributed by atoms with Gasteiger partial charge in [-0.3, -0.25) is 19.4 Å². The van der Waals surface area contributed by atoms with E-state index in [1.165, 1.54) is 18.3 Å². The van der Waals surface area contributed by atoms with Crippen molar-refractivity contribution in [2.75, 3.05) is 17.7 Å². The summed E-state index contributed by atoms with van der Waals surface area (Å²) < 4.78 is 0. The molecule has 172 valence electrons. The Kier molecular flexibility index (Phi) is 6.81. The van der Waals surface area contributed by atoms with E-state index in [1.807, 2.05) is 4.90 Å². The summed E-state index contributed by atoms with van der Waals surface area (Å²) in [5, 5.41) is 20.2. The van der Waals surface area contributed by atoms with Gasteiger partial charge in [-0.1, -0.05) is 0 Å². The first-order valence-electron chi connectivity index (χ1n) is 9.72. The van der Waals surface area contributed by atoms with Crippen molar-refractivity contribution >= 4 is 40.6 Å². The van der Waals surface area contributed by atoms with E-state index in [2.05, 4.69) is 25.3 Å². The van der Waals surface area contributed by atoms with Crippen molar-refractivity contribution < 1.29 is 24.6 Å². The number of nitrogens with two attached hydrogens (primary N) is 1. The van der Waals surface area contributed by atoms with Crippen molar-refractivity contribution in [2.24, 2.45) is 0 Å². The number of amides is 1. The number of benzene rings is 1. The molecule has 2 heterocycles. The lowest BCUT2D eigenvalue weighted by Crippen LogP contribution is -2.41. The Hall–Kier alpha value is -4.55. The molecule has 1 aromatic carbocycles. The van der Waals surface area contributed by atoms with Gasteiger partial charge in [-0.2, -0.15) is 4.98 Å². The Morgan fingerprint density at radius 1 is 1.18 bits per heavy atom. The highest BCUT2D eigenvalue weighted by Gasteiger charge is 2.21. The number of nitrogen functional groups attached to an aromatic ring is 1. The average molecular weight is 455 g/mol. The molecule has 0 unspecified atom stereocenters. The fourth-order valence-corrected chi connectivity index (χ4v) is 3.02. The highest BCUT2D eigenvalue weighted by Crippen LogP contribution is 2.16. The number of carboxylic acids is 2. The second-order valence-corrected chi connectivity index (χ2v) is 7.18. The van der Waals surface area contributed by atoms with Gasteiger partial charge in [-0.25, -0.2) is 14.8 Å². The van der Waals surface area contributed by atoms with Crippen LogP contribution < -0.4 is 21.5 Å². The van der Waals surface area contributed by atoms with E-state index in [4.69, 9.17) is 10.8 Å². The molecule has 0 spiro atoms. The maximum absolute atomic E-state index is 12.4. The molecular weight excluding hydrogens is 434 g/mol. The summed E-state index contributed by atoms with van der Waals surface area (Å²) in [6.45, 7) is 0.300. The van der Waals surface area contributed by atoms with Crippen LogP contribution in [0.25, 0.3) is 11.2 Å². The molecule has 33 heavy (non-hydrogen) atoms. The predicted molar refractivity (Wildman–Crippen MR) is 117 cm³/mol. The number of carbonyl (C=O) groups is 3. The van der Waals surface area contributed by atoms with Gasteiger partial charge in [0.25, 0.3) is 11.5 Å². The zero-order valence-corrected chi connectivity index (χ0v) is 17.5. The zero-order chi connectivity index (χ0) is 24.1. The highest BCUT2D eigenvalue weighted by atomic mass is 16.4. The van der Waals surface area contributed by atoms with E-state index in [1.54, 1.807) is 19.2 Å². The van der Waals surface area contributed by atoms with Crippen molar-refractivity contribution in [3.63, 3.8) is 0 Å². The molecular formula is C20H21N7O6. The smallest absolute Gasteiger partial charge is 0.326 e. The molecule has 0 bridgehead atoms. The van der Waals surface area contributed by atoms with Gasteiger partial charge in [0.15, 0.2) is 11.2 Å². The molecule has 0 aliphatic heterocycles. The van der Waals surface area contributed by atoms with Crippen LogP contribution in [0.3, 0.4) is 0 Å². The molecule has 0 saturated heterocycles. The fourth-order valence-electron chi connectivity index (χ4n) is 3.02. The minimum Gasteiger partial charge on any atom is -0.481 e. The van der Waals surface area contributed by atoms with E-state index >= 15 is 0 Å². The summed E-state index contributed by atoms with van der Waals surface area (Å²) in [4.78, 5) is 62.8.